The van der Waals surface area contributed by atoms with Gasteiger partial charge in [0.25, 0.3) is 5.69 Å². The van der Waals surface area contributed by atoms with Crippen molar-refractivity contribution in [3.8, 4) is 0 Å². The predicted molar refractivity (Wildman–Crippen MR) is 120 cm³/mol. The summed E-state index contributed by atoms with van der Waals surface area (Å²) in [5.74, 6) is -0.113. The van der Waals surface area contributed by atoms with E-state index in [-0.39, 0.29) is 28.7 Å². The third kappa shape index (κ3) is 5.39. The molecule has 1 saturated heterocycles. The van der Waals surface area contributed by atoms with E-state index in [1.54, 1.807) is 12.1 Å². The van der Waals surface area contributed by atoms with Gasteiger partial charge in [-0.25, -0.2) is 0 Å². The number of amides is 1. The van der Waals surface area contributed by atoms with E-state index in [2.05, 4.69) is 11.8 Å². The van der Waals surface area contributed by atoms with Crippen LogP contribution in [0.25, 0.3) is 6.08 Å². The standard InChI is InChI=1S/C22H23Cl2N3O3/c1-15-13-26(16(2)12-25(15)14-18-3-7-19(23)8-4-18)22(28)10-6-17-5-9-20(24)21(11-17)27(29)30/h3-11,15-16H,12-14H2,1-2H3/b10-6+/t15-,16+/m1/s1. The van der Waals surface area contributed by atoms with Gasteiger partial charge in [-0.2, -0.15) is 0 Å². The van der Waals surface area contributed by atoms with Gasteiger partial charge in [0.05, 0.1) is 4.92 Å². The SMILES string of the molecule is C[C@@H]1CN(C(=O)/C=C/c2ccc(Cl)c([N+](=O)[O-])c2)[C@@H](C)CN1Cc1ccc(Cl)cc1. The van der Waals surface area contributed by atoms with E-state index in [1.807, 2.05) is 36.1 Å². The molecule has 0 spiro atoms. The maximum absolute atomic E-state index is 12.8. The van der Waals surface area contributed by atoms with Gasteiger partial charge in [0.15, 0.2) is 0 Å². The van der Waals surface area contributed by atoms with Crippen molar-refractivity contribution in [3.63, 3.8) is 0 Å². The molecule has 0 bridgehead atoms. The summed E-state index contributed by atoms with van der Waals surface area (Å²) >= 11 is 11.8. The number of benzene rings is 2. The second kappa shape index (κ2) is 9.60. The lowest BCUT2D eigenvalue weighted by molar-refractivity contribution is -0.384. The minimum atomic E-state index is -0.537. The minimum absolute atomic E-state index is 0.0465. The highest BCUT2D eigenvalue weighted by Gasteiger charge is 2.31. The number of nitrogens with zero attached hydrogens (tertiary/aromatic N) is 3. The van der Waals surface area contributed by atoms with Crippen LogP contribution >= 0.6 is 23.2 Å². The number of hydrogen-bond donors (Lipinski definition) is 0. The van der Waals surface area contributed by atoms with Crippen molar-refractivity contribution in [3.05, 3.63) is 79.8 Å². The van der Waals surface area contributed by atoms with Crippen molar-refractivity contribution < 1.29 is 9.72 Å². The number of carbonyl (C=O) groups is 1. The maximum atomic E-state index is 12.8. The topological polar surface area (TPSA) is 66.7 Å². The average molecular weight is 448 g/mol. The van der Waals surface area contributed by atoms with Crippen molar-refractivity contribution in [1.29, 1.82) is 0 Å². The molecule has 8 heteroatoms. The Hall–Kier alpha value is -2.41. The molecule has 2 aromatic carbocycles. The van der Waals surface area contributed by atoms with E-state index in [9.17, 15) is 14.9 Å². The first kappa shape index (κ1) is 22.3. The smallest absolute Gasteiger partial charge is 0.288 e. The summed E-state index contributed by atoms with van der Waals surface area (Å²) in [6.45, 7) is 6.30. The largest absolute Gasteiger partial charge is 0.334 e. The molecule has 0 radical (unpaired) electrons. The Morgan fingerprint density at radius 3 is 2.50 bits per heavy atom. The monoisotopic (exact) mass is 447 g/mol. The summed E-state index contributed by atoms with van der Waals surface area (Å²) in [6.07, 6.45) is 3.05. The lowest BCUT2D eigenvalue weighted by atomic mass is 10.1. The average Bonchev–Trinajstić information content (AvgIpc) is 2.71. The van der Waals surface area contributed by atoms with Crippen molar-refractivity contribution in [2.75, 3.05) is 13.1 Å². The number of halogens is 2. The van der Waals surface area contributed by atoms with Gasteiger partial charge in [-0.05, 0) is 49.2 Å². The first-order valence-electron chi connectivity index (χ1n) is 9.65. The van der Waals surface area contributed by atoms with Crippen LogP contribution in [0, 0.1) is 10.1 Å². The molecule has 2 atom stereocenters. The van der Waals surface area contributed by atoms with Crippen molar-refractivity contribution in [1.82, 2.24) is 9.80 Å². The fraction of sp³-hybridized carbons (Fsp3) is 0.318. The van der Waals surface area contributed by atoms with Crippen LogP contribution in [0.2, 0.25) is 10.0 Å². The molecule has 0 aromatic heterocycles. The molecule has 158 valence electrons. The Morgan fingerprint density at radius 2 is 1.83 bits per heavy atom. The van der Waals surface area contributed by atoms with E-state index >= 15 is 0 Å². The van der Waals surface area contributed by atoms with E-state index in [0.717, 1.165) is 13.1 Å². The quantitative estimate of drug-likeness (QED) is 0.365. The Labute approximate surface area is 185 Å². The van der Waals surface area contributed by atoms with Crippen LogP contribution in [0.5, 0.6) is 0 Å². The van der Waals surface area contributed by atoms with Gasteiger partial charge >= 0.3 is 0 Å². The molecule has 1 amide bonds. The molecule has 30 heavy (non-hydrogen) atoms. The van der Waals surface area contributed by atoms with Crippen LogP contribution in [0.4, 0.5) is 5.69 Å². The third-order valence-corrected chi connectivity index (χ3v) is 5.85. The second-order valence-electron chi connectivity index (χ2n) is 7.55. The van der Waals surface area contributed by atoms with E-state index in [0.29, 0.717) is 17.1 Å². The van der Waals surface area contributed by atoms with Crippen LogP contribution in [0.3, 0.4) is 0 Å². The van der Waals surface area contributed by atoms with Gasteiger partial charge in [0.1, 0.15) is 5.02 Å². The summed E-state index contributed by atoms with van der Waals surface area (Å²) in [6, 6.07) is 12.5. The lowest BCUT2D eigenvalue weighted by Crippen LogP contribution is -2.57. The van der Waals surface area contributed by atoms with Gasteiger partial charge in [0, 0.05) is 48.9 Å². The van der Waals surface area contributed by atoms with E-state index in [1.165, 1.54) is 23.8 Å². The summed E-state index contributed by atoms with van der Waals surface area (Å²) in [5.41, 5.74) is 1.56. The molecule has 1 heterocycles. The number of rotatable bonds is 5. The molecular formula is C22H23Cl2N3O3. The van der Waals surface area contributed by atoms with Crippen LogP contribution in [-0.4, -0.2) is 45.8 Å². The van der Waals surface area contributed by atoms with E-state index < -0.39 is 4.92 Å². The van der Waals surface area contributed by atoms with Crippen LogP contribution < -0.4 is 0 Å². The number of piperazine rings is 1. The normalized spacial score (nSPS) is 19.9. The van der Waals surface area contributed by atoms with Crippen LogP contribution in [0.1, 0.15) is 25.0 Å². The zero-order valence-corrected chi connectivity index (χ0v) is 18.3. The highest BCUT2D eigenvalue weighted by molar-refractivity contribution is 6.32. The third-order valence-electron chi connectivity index (χ3n) is 5.28. The summed E-state index contributed by atoms with van der Waals surface area (Å²) in [7, 11) is 0. The van der Waals surface area contributed by atoms with Gasteiger partial charge < -0.3 is 4.90 Å². The fourth-order valence-corrected chi connectivity index (χ4v) is 3.90. The number of hydrogen-bond acceptors (Lipinski definition) is 4. The Kier molecular flexibility index (Phi) is 7.13. The fourth-order valence-electron chi connectivity index (χ4n) is 3.59. The zero-order chi connectivity index (χ0) is 21.8. The molecule has 1 aliphatic heterocycles. The van der Waals surface area contributed by atoms with Gasteiger partial charge in [-0.3, -0.25) is 19.8 Å². The molecule has 3 rings (SSSR count). The van der Waals surface area contributed by atoms with Crippen LogP contribution in [0.15, 0.2) is 48.5 Å². The van der Waals surface area contributed by atoms with E-state index in [4.69, 9.17) is 23.2 Å². The molecule has 0 aliphatic carbocycles. The minimum Gasteiger partial charge on any atom is -0.334 e. The Balaban J connectivity index is 1.65. The number of nitro benzene ring substituents is 1. The summed E-state index contributed by atoms with van der Waals surface area (Å²) in [5, 5.41) is 11.8. The van der Waals surface area contributed by atoms with Crippen molar-refractivity contribution >= 4 is 40.9 Å². The summed E-state index contributed by atoms with van der Waals surface area (Å²) < 4.78 is 0. The van der Waals surface area contributed by atoms with Crippen LogP contribution in [-0.2, 0) is 11.3 Å². The molecule has 6 nitrogen and oxygen atoms in total. The molecule has 0 unspecified atom stereocenters. The van der Waals surface area contributed by atoms with Crippen molar-refractivity contribution in [2.45, 2.75) is 32.5 Å². The maximum Gasteiger partial charge on any atom is 0.288 e. The first-order chi connectivity index (χ1) is 14.2. The molecule has 2 aromatic rings. The molecule has 1 fully saturated rings. The molecular weight excluding hydrogens is 425 g/mol. The zero-order valence-electron chi connectivity index (χ0n) is 16.8. The van der Waals surface area contributed by atoms with Gasteiger partial charge in [-0.1, -0.05) is 41.4 Å². The Morgan fingerprint density at radius 1 is 1.13 bits per heavy atom. The lowest BCUT2D eigenvalue weighted by Gasteiger charge is -2.44. The highest BCUT2D eigenvalue weighted by Crippen LogP contribution is 2.26. The molecule has 0 saturated carbocycles. The molecule has 0 N–H and O–H groups in total. The Bertz CT molecular complexity index is 963. The van der Waals surface area contributed by atoms with Gasteiger partial charge in [-0.15, -0.1) is 0 Å². The number of carbonyl (C=O) groups excluding carboxylic acids is 1. The molecule has 1 aliphatic rings. The van der Waals surface area contributed by atoms with Gasteiger partial charge in [0.2, 0.25) is 5.91 Å². The second-order valence-corrected chi connectivity index (χ2v) is 8.39. The first-order valence-corrected chi connectivity index (χ1v) is 10.4. The number of nitro groups is 1. The van der Waals surface area contributed by atoms with Crippen molar-refractivity contribution in [2.24, 2.45) is 0 Å². The summed E-state index contributed by atoms with van der Waals surface area (Å²) in [4.78, 5) is 27.4. The predicted octanol–water partition coefficient (Wildman–Crippen LogP) is 5.04. The highest BCUT2D eigenvalue weighted by atomic mass is 35.5.